The lowest BCUT2D eigenvalue weighted by Gasteiger charge is -2.27. The maximum absolute atomic E-state index is 12.9. The van der Waals surface area contributed by atoms with Crippen LogP contribution in [0.2, 0.25) is 5.15 Å². The van der Waals surface area contributed by atoms with E-state index in [1.165, 1.54) is 0 Å². The largest absolute Gasteiger partial charge is 0.381 e. The maximum atomic E-state index is 12.9. The summed E-state index contributed by atoms with van der Waals surface area (Å²) >= 11 is 6.04. The second-order valence-corrected chi connectivity index (χ2v) is 8.47. The summed E-state index contributed by atoms with van der Waals surface area (Å²) in [6, 6.07) is 0. The van der Waals surface area contributed by atoms with Gasteiger partial charge in [-0.15, -0.1) is 0 Å². The summed E-state index contributed by atoms with van der Waals surface area (Å²) in [6.45, 7) is 9.04. The summed E-state index contributed by atoms with van der Waals surface area (Å²) in [5, 5.41) is 9.89. The van der Waals surface area contributed by atoms with E-state index < -0.39 is 0 Å². The fraction of sp³-hybridized carbons (Fsp3) is 0.737. The van der Waals surface area contributed by atoms with E-state index in [0.29, 0.717) is 38.3 Å². The van der Waals surface area contributed by atoms with Gasteiger partial charge in [0.05, 0.1) is 17.6 Å². The number of hydrogen-bond donors (Lipinski definition) is 2. The van der Waals surface area contributed by atoms with Gasteiger partial charge in [-0.3, -0.25) is 14.7 Å². The van der Waals surface area contributed by atoms with Gasteiger partial charge >= 0.3 is 0 Å². The number of carbonyl (C=O) groups is 2. The Morgan fingerprint density at radius 2 is 2.07 bits per heavy atom. The van der Waals surface area contributed by atoms with Crippen molar-refractivity contribution in [1.29, 1.82) is 0 Å². The zero-order valence-electron chi connectivity index (χ0n) is 16.4. The Balaban J connectivity index is 1.56. The Morgan fingerprint density at radius 1 is 1.33 bits per heavy atom. The number of halogens is 1. The minimum atomic E-state index is -0.301. The van der Waals surface area contributed by atoms with Gasteiger partial charge in [0.2, 0.25) is 5.91 Å². The van der Waals surface area contributed by atoms with Crippen molar-refractivity contribution in [1.82, 2.24) is 20.4 Å². The van der Waals surface area contributed by atoms with E-state index in [-0.39, 0.29) is 27.8 Å². The normalized spacial score (nSPS) is 23.5. The molecule has 0 spiro atoms. The molecule has 1 unspecified atom stereocenters. The predicted molar refractivity (Wildman–Crippen MR) is 103 cm³/mol. The molecular weight excluding hydrogens is 368 g/mol. The van der Waals surface area contributed by atoms with Crippen LogP contribution in [0, 0.1) is 10.8 Å². The van der Waals surface area contributed by atoms with E-state index >= 15 is 0 Å². The molecule has 2 amide bonds. The minimum Gasteiger partial charge on any atom is -0.381 e. The number of rotatable bonds is 8. The first kappa shape index (κ1) is 20.1. The number of carbonyl (C=O) groups excluding carboxylic acids is 2. The number of aromatic nitrogens is 2. The third-order valence-corrected chi connectivity index (χ3v) is 6.06. The van der Waals surface area contributed by atoms with Crippen molar-refractivity contribution >= 4 is 23.4 Å². The summed E-state index contributed by atoms with van der Waals surface area (Å²) in [5.41, 5.74) is 0.709. The zero-order valence-corrected chi connectivity index (χ0v) is 17.1. The highest BCUT2D eigenvalue weighted by molar-refractivity contribution is 6.32. The fourth-order valence-corrected chi connectivity index (χ4v) is 4.01. The van der Waals surface area contributed by atoms with Crippen molar-refractivity contribution in [2.75, 3.05) is 32.8 Å². The Hall–Kier alpha value is -1.60. The number of H-pyrrole nitrogens is 1. The molecule has 0 aromatic carbocycles. The average Bonchev–Trinajstić information content (AvgIpc) is 3.21. The highest BCUT2D eigenvalue weighted by Gasteiger charge is 2.53. The van der Waals surface area contributed by atoms with Gasteiger partial charge in [-0.25, -0.2) is 0 Å². The first-order valence-electron chi connectivity index (χ1n) is 9.72. The molecule has 8 heteroatoms. The molecule has 27 heavy (non-hydrogen) atoms. The second-order valence-electron chi connectivity index (χ2n) is 8.11. The van der Waals surface area contributed by atoms with E-state index in [2.05, 4.69) is 22.4 Å². The molecule has 7 nitrogen and oxygen atoms in total. The molecule has 2 aliphatic rings. The molecule has 1 aromatic rings. The topological polar surface area (TPSA) is 87.3 Å². The van der Waals surface area contributed by atoms with E-state index in [4.69, 9.17) is 16.3 Å². The molecule has 1 atom stereocenters. The highest BCUT2D eigenvalue weighted by Crippen LogP contribution is 2.48. The molecule has 2 fully saturated rings. The summed E-state index contributed by atoms with van der Waals surface area (Å²) < 4.78 is 5.52. The first-order chi connectivity index (χ1) is 12.8. The first-order valence-corrected chi connectivity index (χ1v) is 10.1. The van der Waals surface area contributed by atoms with Crippen LogP contribution in [0.15, 0.2) is 0 Å². The Labute approximate surface area is 165 Å². The number of amides is 2. The average molecular weight is 397 g/mol. The minimum absolute atomic E-state index is 0.143. The lowest BCUT2D eigenvalue weighted by atomic mass is 9.89. The van der Waals surface area contributed by atoms with Crippen molar-refractivity contribution in [2.45, 2.75) is 46.5 Å². The molecule has 0 radical (unpaired) electrons. The number of hydrogen-bond acceptors (Lipinski definition) is 4. The summed E-state index contributed by atoms with van der Waals surface area (Å²) in [6.07, 6.45) is 3.34. The van der Waals surface area contributed by atoms with Crippen LogP contribution in [-0.2, 0) is 16.0 Å². The third-order valence-electron chi connectivity index (χ3n) is 5.79. The van der Waals surface area contributed by atoms with Crippen LogP contribution in [-0.4, -0.2) is 59.8 Å². The van der Waals surface area contributed by atoms with Gasteiger partial charge < -0.3 is 15.0 Å². The van der Waals surface area contributed by atoms with E-state index in [1.54, 1.807) is 0 Å². The fourth-order valence-electron chi connectivity index (χ4n) is 3.77. The van der Waals surface area contributed by atoms with Gasteiger partial charge in [-0.2, -0.15) is 5.10 Å². The van der Waals surface area contributed by atoms with Crippen LogP contribution >= 0.6 is 11.6 Å². The molecule has 1 aliphatic heterocycles. The lowest BCUT2D eigenvalue weighted by Crippen LogP contribution is -2.42. The summed E-state index contributed by atoms with van der Waals surface area (Å²) in [5.74, 6) is -0.0104. The summed E-state index contributed by atoms with van der Waals surface area (Å²) in [4.78, 5) is 27.4. The van der Waals surface area contributed by atoms with Gasteiger partial charge in [0.1, 0.15) is 0 Å². The van der Waals surface area contributed by atoms with Crippen LogP contribution in [0.1, 0.15) is 56.1 Å². The molecular formula is C19H29ClN4O3. The van der Waals surface area contributed by atoms with Gasteiger partial charge in [0.15, 0.2) is 5.15 Å². The monoisotopic (exact) mass is 396 g/mol. The quantitative estimate of drug-likeness (QED) is 0.706. The zero-order chi connectivity index (χ0) is 19.7. The standard InChI is InChI=1S/C19H29ClN4O3/c1-4-13-14(15(20)23-22-13)16(25)21-10-18(3)8-9-24(11-18)17(26)19(6-7-19)12-27-5-2/h4-12H2,1-3H3,(H,21,25)(H,22,23). The Morgan fingerprint density at radius 3 is 2.70 bits per heavy atom. The molecule has 1 saturated carbocycles. The number of aromatic amines is 1. The molecule has 1 saturated heterocycles. The SMILES string of the molecule is CCOCC1(C(=O)N2CCC(C)(CNC(=O)c3c(Cl)n[nH]c3CC)C2)CC1. The summed E-state index contributed by atoms with van der Waals surface area (Å²) in [7, 11) is 0. The van der Waals surface area contributed by atoms with Crippen LogP contribution in [0.3, 0.4) is 0 Å². The predicted octanol–water partition coefficient (Wildman–Crippen LogP) is 2.41. The number of nitrogens with one attached hydrogen (secondary N) is 2. The maximum Gasteiger partial charge on any atom is 0.256 e. The number of aryl methyl sites for hydroxylation is 1. The Bertz CT molecular complexity index is 716. The molecule has 2 N–H and O–H groups in total. The van der Waals surface area contributed by atoms with Crippen molar-refractivity contribution in [3.8, 4) is 0 Å². The molecule has 0 bridgehead atoms. The van der Waals surface area contributed by atoms with E-state index in [0.717, 1.165) is 31.5 Å². The van der Waals surface area contributed by atoms with E-state index in [9.17, 15) is 9.59 Å². The van der Waals surface area contributed by atoms with E-state index in [1.807, 2.05) is 18.7 Å². The van der Waals surface area contributed by atoms with Gasteiger partial charge in [-0.1, -0.05) is 25.4 Å². The van der Waals surface area contributed by atoms with Crippen molar-refractivity contribution in [2.24, 2.45) is 10.8 Å². The van der Waals surface area contributed by atoms with Crippen LogP contribution in [0.5, 0.6) is 0 Å². The van der Waals surface area contributed by atoms with Gasteiger partial charge in [0.25, 0.3) is 5.91 Å². The number of nitrogens with zero attached hydrogens (tertiary/aromatic N) is 2. The Kier molecular flexibility index (Phi) is 5.82. The number of likely N-dealkylation sites (tertiary alicyclic amines) is 1. The molecule has 150 valence electrons. The molecule has 1 aromatic heterocycles. The number of ether oxygens (including phenoxy) is 1. The van der Waals surface area contributed by atoms with Gasteiger partial charge in [0, 0.05) is 37.4 Å². The van der Waals surface area contributed by atoms with Crippen LogP contribution < -0.4 is 5.32 Å². The third kappa shape index (κ3) is 4.14. The molecule has 3 rings (SSSR count). The second kappa shape index (κ2) is 7.80. The lowest BCUT2D eigenvalue weighted by molar-refractivity contribution is -0.138. The van der Waals surface area contributed by atoms with Gasteiger partial charge in [-0.05, 0) is 32.6 Å². The van der Waals surface area contributed by atoms with Crippen LogP contribution in [0.25, 0.3) is 0 Å². The van der Waals surface area contributed by atoms with Crippen molar-refractivity contribution < 1.29 is 14.3 Å². The molecule has 1 aliphatic carbocycles. The van der Waals surface area contributed by atoms with Crippen molar-refractivity contribution in [3.05, 3.63) is 16.4 Å². The highest BCUT2D eigenvalue weighted by atomic mass is 35.5. The van der Waals surface area contributed by atoms with Crippen molar-refractivity contribution in [3.63, 3.8) is 0 Å². The van der Waals surface area contributed by atoms with Crippen LogP contribution in [0.4, 0.5) is 0 Å². The molecule has 2 heterocycles. The smallest absolute Gasteiger partial charge is 0.256 e.